The molecule has 30 heavy (non-hydrogen) atoms. The van der Waals surface area contributed by atoms with Crippen molar-refractivity contribution in [3.05, 3.63) is 107 Å². The number of nitrogens with zero attached hydrogens (tertiary/aromatic N) is 1. The number of benzene rings is 3. The molecule has 0 atom stereocenters. The molecule has 0 aromatic heterocycles. The zero-order valence-corrected chi connectivity index (χ0v) is 16.0. The maximum atomic E-state index is 13.0. The van der Waals surface area contributed by atoms with Crippen molar-refractivity contribution in [1.82, 2.24) is 10.2 Å². The van der Waals surface area contributed by atoms with Crippen molar-refractivity contribution in [3.8, 4) is 5.75 Å². The lowest BCUT2D eigenvalue weighted by Gasteiger charge is -2.11. The molecule has 3 amide bonds. The van der Waals surface area contributed by atoms with E-state index in [1.807, 2.05) is 36.4 Å². The van der Waals surface area contributed by atoms with E-state index in [9.17, 15) is 14.0 Å². The van der Waals surface area contributed by atoms with Crippen LogP contribution in [-0.2, 0) is 17.9 Å². The van der Waals surface area contributed by atoms with Crippen LogP contribution in [0, 0.1) is 5.82 Å². The third kappa shape index (κ3) is 4.55. The number of hydrogen-bond acceptors (Lipinski definition) is 3. The summed E-state index contributed by atoms with van der Waals surface area (Å²) in [6.45, 7) is 0.504. The number of urea groups is 1. The zero-order valence-electron chi connectivity index (χ0n) is 16.0. The van der Waals surface area contributed by atoms with Gasteiger partial charge in [-0.15, -0.1) is 0 Å². The Bertz CT molecular complexity index is 1090. The Hall–Kier alpha value is -3.93. The average molecular weight is 402 g/mol. The van der Waals surface area contributed by atoms with Crippen LogP contribution in [0.5, 0.6) is 5.75 Å². The molecule has 0 bridgehead atoms. The average Bonchev–Trinajstić information content (AvgIpc) is 3.02. The van der Waals surface area contributed by atoms with Gasteiger partial charge in [0.2, 0.25) is 0 Å². The summed E-state index contributed by atoms with van der Waals surface area (Å²) in [7, 11) is 0. The number of amides is 3. The van der Waals surface area contributed by atoms with Crippen LogP contribution in [0.1, 0.15) is 16.7 Å². The van der Waals surface area contributed by atoms with Crippen molar-refractivity contribution in [1.29, 1.82) is 0 Å². The first-order chi connectivity index (χ1) is 14.6. The van der Waals surface area contributed by atoms with Crippen molar-refractivity contribution in [2.24, 2.45) is 0 Å². The Morgan fingerprint density at radius 3 is 2.43 bits per heavy atom. The number of carbonyl (C=O) groups is 2. The molecule has 3 aromatic carbocycles. The molecule has 0 spiro atoms. The Balaban J connectivity index is 1.45. The Kier molecular flexibility index (Phi) is 5.57. The minimum Gasteiger partial charge on any atom is -0.489 e. The van der Waals surface area contributed by atoms with Crippen molar-refractivity contribution in [2.75, 3.05) is 0 Å². The third-order valence-corrected chi connectivity index (χ3v) is 4.63. The first-order valence-corrected chi connectivity index (χ1v) is 9.44. The van der Waals surface area contributed by atoms with E-state index < -0.39 is 6.03 Å². The minimum atomic E-state index is -0.446. The molecule has 6 heteroatoms. The molecule has 1 aliphatic rings. The summed E-state index contributed by atoms with van der Waals surface area (Å²) >= 11 is 0. The monoisotopic (exact) mass is 402 g/mol. The number of ether oxygens (including phenoxy) is 1. The summed E-state index contributed by atoms with van der Waals surface area (Å²) in [5.41, 5.74) is 2.65. The van der Waals surface area contributed by atoms with E-state index in [1.165, 1.54) is 17.0 Å². The van der Waals surface area contributed by atoms with E-state index in [0.29, 0.717) is 12.4 Å². The summed E-state index contributed by atoms with van der Waals surface area (Å²) in [4.78, 5) is 26.1. The van der Waals surface area contributed by atoms with E-state index in [2.05, 4.69) is 5.32 Å². The molecule has 3 aromatic rings. The first-order valence-electron chi connectivity index (χ1n) is 9.44. The maximum absolute atomic E-state index is 13.0. The molecule has 0 aliphatic carbocycles. The molecule has 4 rings (SSSR count). The van der Waals surface area contributed by atoms with Gasteiger partial charge in [-0.05, 0) is 47.0 Å². The molecule has 1 heterocycles. The summed E-state index contributed by atoms with van der Waals surface area (Å²) in [6, 6.07) is 22.2. The quantitative estimate of drug-likeness (QED) is 0.488. The second-order valence-electron chi connectivity index (χ2n) is 6.85. The minimum absolute atomic E-state index is 0.212. The fraction of sp³-hybridized carbons (Fsp3) is 0.0833. The van der Waals surface area contributed by atoms with Gasteiger partial charge in [0.05, 0.1) is 6.54 Å². The number of halogens is 1. The predicted molar refractivity (Wildman–Crippen MR) is 111 cm³/mol. The van der Waals surface area contributed by atoms with Gasteiger partial charge < -0.3 is 10.1 Å². The molecular weight excluding hydrogens is 383 g/mol. The highest BCUT2D eigenvalue weighted by molar-refractivity contribution is 6.13. The second kappa shape index (κ2) is 8.61. The van der Waals surface area contributed by atoms with Crippen LogP contribution in [0.2, 0.25) is 0 Å². The number of imide groups is 1. The van der Waals surface area contributed by atoms with E-state index >= 15 is 0 Å². The first kappa shape index (κ1) is 19.4. The van der Waals surface area contributed by atoms with Crippen LogP contribution in [-0.4, -0.2) is 16.8 Å². The van der Waals surface area contributed by atoms with Crippen LogP contribution >= 0.6 is 0 Å². The van der Waals surface area contributed by atoms with Gasteiger partial charge in [0.15, 0.2) is 0 Å². The van der Waals surface area contributed by atoms with Gasteiger partial charge >= 0.3 is 6.03 Å². The maximum Gasteiger partial charge on any atom is 0.329 e. The highest BCUT2D eigenvalue weighted by Crippen LogP contribution is 2.20. The summed E-state index contributed by atoms with van der Waals surface area (Å²) in [6.07, 6.45) is 1.62. The van der Waals surface area contributed by atoms with Crippen molar-refractivity contribution in [2.45, 2.75) is 13.2 Å². The highest BCUT2D eigenvalue weighted by Gasteiger charge is 2.33. The van der Waals surface area contributed by atoms with Crippen molar-refractivity contribution in [3.63, 3.8) is 0 Å². The van der Waals surface area contributed by atoms with Crippen LogP contribution < -0.4 is 10.1 Å². The zero-order chi connectivity index (χ0) is 20.9. The summed E-state index contributed by atoms with van der Waals surface area (Å²) < 4.78 is 18.7. The molecule has 1 aliphatic heterocycles. The molecule has 5 nitrogen and oxygen atoms in total. The lowest BCUT2D eigenvalue weighted by Crippen LogP contribution is -2.30. The van der Waals surface area contributed by atoms with Gasteiger partial charge in [0, 0.05) is 0 Å². The number of hydrogen-bond donors (Lipinski definition) is 1. The van der Waals surface area contributed by atoms with Crippen LogP contribution in [0.15, 0.2) is 84.6 Å². The molecule has 1 fully saturated rings. The molecular formula is C24H19FN2O3. The predicted octanol–water partition coefficient (Wildman–Crippen LogP) is 4.50. The smallest absolute Gasteiger partial charge is 0.329 e. The number of nitrogens with one attached hydrogen (secondary N) is 1. The Morgan fingerprint density at radius 1 is 0.900 bits per heavy atom. The van der Waals surface area contributed by atoms with E-state index in [0.717, 1.165) is 16.7 Å². The lowest BCUT2D eigenvalue weighted by atomic mass is 10.1. The standard InChI is InChI=1S/C24H19FN2O3/c25-20-11-9-18(10-12-20)16-30-21-8-4-7-19(13-21)14-22-23(28)27(24(29)26-22)15-17-5-2-1-3-6-17/h1-14H,15-16H2,(H,26,29)/b22-14+. The fourth-order valence-electron chi connectivity index (χ4n) is 3.09. The third-order valence-electron chi connectivity index (χ3n) is 4.63. The fourth-order valence-corrected chi connectivity index (χ4v) is 3.09. The molecule has 1 saturated heterocycles. The normalized spacial score (nSPS) is 14.8. The van der Waals surface area contributed by atoms with E-state index in [1.54, 1.807) is 36.4 Å². The topological polar surface area (TPSA) is 58.6 Å². The SMILES string of the molecule is O=C1N/C(=C/c2cccc(OCc3ccc(F)cc3)c2)C(=O)N1Cc1ccccc1. The largest absolute Gasteiger partial charge is 0.489 e. The molecule has 1 N–H and O–H groups in total. The van der Waals surface area contributed by atoms with Crippen LogP contribution in [0.25, 0.3) is 6.08 Å². The van der Waals surface area contributed by atoms with Crippen molar-refractivity contribution >= 4 is 18.0 Å². The van der Waals surface area contributed by atoms with Gasteiger partial charge in [-0.2, -0.15) is 0 Å². The number of rotatable bonds is 6. The summed E-state index contributed by atoms with van der Waals surface area (Å²) in [5.74, 6) is -0.0648. The van der Waals surface area contributed by atoms with Gasteiger partial charge in [-0.1, -0.05) is 54.6 Å². The van der Waals surface area contributed by atoms with Gasteiger partial charge in [0.1, 0.15) is 23.9 Å². The highest BCUT2D eigenvalue weighted by atomic mass is 19.1. The Labute approximate surface area is 173 Å². The second-order valence-corrected chi connectivity index (χ2v) is 6.85. The van der Waals surface area contributed by atoms with Gasteiger partial charge in [0.25, 0.3) is 5.91 Å². The Morgan fingerprint density at radius 2 is 1.67 bits per heavy atom. The van der Waals surface area contributed by atoms with Gasteiger partial charge in [-0.3, -0.25) is 9.69 Å². The van der Waals surface area contributed by atoms with E-state index in [-0.39, 0.29) is 24.0 Å². The van der Waals surface area contributed by atoms with E-state index in [4.69, 9.17) is 4.74 Å². The number of carbonyl (C=O) groups excluding carboxylic acids is 2. The molecule has 0 unspecified atom stereocenters. The van der Waals surface area contributed by atoms with Gasteiger partial charge in [-0.25, -0.2) is 9.18 Å². The molecule has 150 valence electrons. The van der Waals surface area contributed by atoms with Crippen LogP contribution in [0.3, 0.4) is 0 Å². The molecule has 0 radical (unpaired) electrons. The lowest BCUT2D eigenvalue weighted by molar-refractivity contribution is -0.123. The van der Waals surface area contributed by atoms with Crippen LogP contribution in [0.4, 0.5) is 9.18 Å². The van der Waals surface area contributed by atoms with Crippen molar-refractivity contribution < 1.29 is 18.7 Å². The molecule has 0 saturated carbocycles. The summed E-state index contributed by atoms with van der Waals surface area (Å²) in [5, 5.41) is 2.63.